The number of aliphatic carboxylic acids is 1. The summed E-state index contributed by atoms with van der Waals surface area (Å²) in [5.41, 5.74) is -5.23. The van der Waals surface area contributed by atoms with Crippen LogP contribution >= 0.6 is 0 Å². The highest BCUT2D eigenvalue weighted by atomic mass is 19.4. The third-order valence-corrected chi connectivity index (χ3v) is 9.33. The molecule has 2 aromatic carbocycles. The van der Waals surface area contributed by atoms with Crippen LogP contribution < -0.4 is 10.1 Å². The van der Waals surface area contributed by atoms with Crippen molar-refractivity contribution in [2.45, 2.75) is 87.9 Å². The summed E-state index contributed by atoms with van der Waals surface area (Å²) < 4.78 is 61.0. The Morgan fingerprint density at radius 1 is 1.04 bits per heavy atom. The number of esters is 1. The summed E-state index contributed by atoms with van der Waals surface area (Å²) in [6.07, 6.45) is -14.8. The fourth-order valence-electron chi connectivity index (χ4n) is 6.70. The molecule has 0 saturated carbocycles. The lowest BCUT2D eigenvalue weighted by atomic mass is 9.72. The van der Waals surface area contributed by atoms with E-state index >= 15 is 0 Å². The minimum absolute atomic E-state index is 0.0384. The molecule has 1 fully saturated rings. The number of halogens is 3. The molecule has 0 bridgehead atoms. The number of amides is 1. The highest BCUT2D eigenvalue weighted by Gasteiger charge is 2.51. The van der Waals surface area contributed by atoms with Crippen LogP contribution in [0.4, 0.5) is 13.2 Å². The molecule has 6 N–H and O–H groups in total. The van der Waals surface area contributed by atoms with Crippen molar-refractivity contribution in [3.05, 3.63) is 51.6 Å². The number of aliphatic hydroxyl groups excluding tert-OH is 1. The molecule has 0 radical (unpaired) electrons. The van der Waals surface area contributed by atoms with E-state index in [4.69, 9.17) is 24.1 Å². The molecule has 19 heteroatoms. The number of alkyl halides is 3. The van der Waals surface area contributed by atoms with Gasteiger partial charge in [0.25, 0.3) is 0 Å². The molecular weight excluding hydrogens is 719 g/mol. The number of hydrogen-bond donors (Lipinski definition) is 6. The number of ether oxygens (including phenoxy) is 4. The van der Waals surface area contributed by atoms with Crippen molar-refractivity contribution in [3.63, 3.8) is 0 Å². The van der Waals surface area contributed by atoms with Gasteiger partial charge in [-0.1, -0.05) is 12.1 Å². The lowest BCUT2D eigenvalue weighted by Gasteiger charge is -2.43. The molecule has 1 saturated heterocycles. The van der Waals surface area contributed by atoms with Gasteiger partial charge in [0.2, 0.25) is 11.6 Å². The molecular formula is C34H34F3NO15. The maximum Gasteiger partial charge on any atom is 0.471 e. The molecule has 0 spiro atoms. The van der Waals surface area contributed by atoms with Gasteiger partial charge < -0.3 is 49.8 Å². The molecule has 2 aromatic rings. The molecule has 0 unspecified atom stereocenters. The highest BCUT2D eigenvalue weighted by molar-refractivity contribution is 6.31. The Hall–Kier alpha value is -5.11. The topological polar surface area (TPSA) is 253 Å². The summed E-state index contributed by atoms with van der Waals surface area (Å²) in [5, 5.41) is 56.0. The number of carboxylic acid groups (broad SMARTS) is 1. The van der Waals surface area contributed by atoms with Gasteiger partial charge in [-0.15, -0.1) is 0 Å². The first kappa shape index (κ1) is 39.1. The van der Waals surface area contributed by atoms with Crippen molar-refractivity contribution in [2.24, 2.45) is 0 Å². The largest absolute Gasteiger partial charge is 0.507 e. The van der Waals surface area contributed by atoms with Crippen molar-refractivity contribution in [3.8, 4) is 17.2 Å². The number of ketones is 3. The fraction of sp³-hybridized carbons (Fsp3) is 0.471. The highest BCUT2D eigenvalue weighted by Crippen LogP contribution is 2.52. The number of aliphatic hydroxyl groups is 2. The molecule has 6 atom stereocenters. The van der Waals surface area contributed by atoms with Crippen molar-refractivity contribution in [1.82, 2.24) is 5.32 Å². The Bertz CT molecular complexity index is 1880. The fourth-order valence-corrected chi connectivity index (χ4v) is 6.70. The first-order chi connectivity index (χ1) is 24.8. The van der Waals surface area contributed by atoms with Crippen LogP contribution in [0.15, 0.2) is 18.2 Å². The number of carbonyl (C=O) groups is 6. The summed E-state index contributed by atoms with van der Waals surface area (Å²) in [7, 11) is 1.23. The number of fused-ring (bicyclic) bond motifs is 3. The van der Waals surface area contributed by atoms with Gasteiger partial charge in [0.1, 0.15) is 29.0 Å². The molecule has 3 aliphatic rings. The van der Waals surface area contributed by atoms with E-state index in [1.807, 2.05) is 0 Å². The Morgan fingerprint density at radius 2 is 1.72 bits per heavy atom. The van der Waals surface area contributed by atoms with Crippen LogP contribution in [0.3, 0.4) is 0 Å². The minimum atomic E-state index is -5.32. The Balaban J connectivity index is 1.55. The summed E-state index contributed by atoms with van der Waals surface area (Å²) in [5.74, 6) is -9.44. The van der Waals surface area contributed by atoms with Gasteiger partial charge in [0.15, 0.2) is 18.7 Å². The zero-order chi connectivity index (χ0) is 39.2. The lowest BCUT2D eigenvalue weighted by molar-refractivity contribution is -0.250. The van der Waals surface area contributed by atoms with Crippen LogP contribution in [-0.2, 0) is 39.8 Å². The normalized spacial score (nSPS) is 25.1. The Morgan fingerprint density at radius 3 is 2.36 bits per heavy atom. The van der Waals surface area contributed by atoms with Gasteiger partial charge in [0, 0.05) is 48.8 Å². The average Bonchev–Trinajstić information content (AvgIpc) is 3.08. The van der Waals surface area contributed by atoms with Gasteiger partial charge in [-0.2, -0.15) is 13.2 Å². The van der Waals surface area contributed by atoms with Crippen LogP contribution in [0, 0.1) is 0 Å². The predicted molar refractivity (Wildman–Crippen MR) is 167 cm³/mol. The Labute approximate surface area is 297 Å². The van der Waals surface area contributed by atoms with E-state index in [9.17, 15) is 62.4 Å². The molecule has 53 heavy (non-hydrogen) atoms. The summed E-state index contributed by atoms with van der Waals surface area (Å²) >= 11 is 0. The maximum absolute atomic E-state index is 13.9. The van der Waals surface area contributed by atoms with E-state index in [1.165, 1.54) is 32.2 Å². The molecule has 5 rings (SSSR count). The second-order valence-corrected chi connectivity index (χ2v) is 12.8. The van der Waals surface area contributed by atoms with Crippen LogP contribution in [-0.4, -0.2) is 111 Å². The first-order valence-electron chi connectivity index (χ1n) is 16.2. The third-order valence-electron chi connectivity index (χ3n) is 9.33. The van der Waals surface area contributed by atoms with E-state index in [0.717, 1.165) is 0 Å². The number of hydrogen-bond acceptors (Lipinski definition) is 14. The van der Waals surface area contributed by atoms with E-state index in [-0.39, 0.29) is 36.1 Å². The van der Waals surface area contributed by atoms with Crippen molar-refractivity contribution in [1.29, 1.82) is 0 Å². The number of carboxylic acids is 1. The third kappa shape index (κ3) is 7.55. The number of aromatic hydroxyl groups is 2. The number of rotatable bonds is 11. The van der Waals surface area contributed by atoms with Gasteiger partial charge in [-0.3, -0.25) is 28.8 Å². The quantitative estimate of drug-likeness (QED) is 0.120. The zero-order valence-electron chi connectivity index (χ0n) is 28.0. The van der Waals surface area contributed by atoms with E-state index in [1.54, 1.807) is 5.32 Å². The van der Waals surface area contributed by atoms with E-state index in [2.05, 4.69) is 0 Å². The molecule has 1 aliphatic heterocycles. The predicted octanol–water partition coefficient (Wildman–Crippen LogP) is 1.53. The number of phenolic OH excluding ortho intramolecular Hbond substituents is 2. The summed E-state index contributed by atoms with van der Waals surface area (Å²) in [4.78, 5) is 75.8. The van der Waals surface area contributed by atoms with Crippen molar-refractivity contribution in [2.75, 3.05) is 13.7 Å². The number of benzene rings is 2. The van der Waals surface area contributed by atoms with Gasteiger partial charge >= 0.3 is 24.0 Å². The molecule has 286 valence electrons. The average molecular weight is 754 g/mol. The van der Waals surface area contributed by atoms with Gasteiger partial charge in [-0.05, 0) is 19.4 Å². The zero-order valence-corrected chi connectivity index (χ0v) is 28.0. The standard InChI is InChI=1S/C34H34F3NO15/c1-13-27(43)16(38-32(48)34(35,36)37)9-22(52-13)53-18-11-33(49,19(39)12-51-21(42)8-4-7-20(40)41)10-15-24(18)31(47)26-25(29(15)45)28(44)14-5-3-6-17(50-2)23(14)30(26)46/h3,5-6,13,16,18,22,27,43,45,47,49H,4,7-12H2,1-2H3,(H,38,48)(H,40,41)/t13-,16-,18-,22-,27+,33-/m0/s1. The maximum atomic E-state index is 13.9. The van der Waals surface area contributed by atoms with Crippen molar-refractivity contribution < 1.29 is 86.4 Å². The summed E-state index contributed by atoms with van der Waals surface area (Å²) in [6, 6.07) is 2.46. The molecule has 0 aromatic heterocycles. The molecule has 16 nitrogen and oxygen atoms in total. The smallest absolute Gasteiger partial charge is 0.471 e. The number of methoxy groups -OCH3 is 1. The van der Waals surface area contributed by atoms with Gasteiger partial charge in [-0.25, -0.2) is 0 Å². The minimum Gasteiger partial charge on any atom is -0.507 e. The molecule has 1 heterocycles. The molecule has 2 aliphatic carbocycles. The number of Topliss-reactive ketones (excluding diaryl/α,β-unsaturated/α-hetero) is 1. The summed E-state index contributed by atoms with van der Waals surface area (Å²) in [6.45, 7) is 0.197. The number of carbonyl (C=O) groups excluding carboxylic acids is 5. The van der Waals surface area contributed by atoms with Crippen LogP contribution in [0.1, 0.15) is 88.1 Å². The number of phenols is 2. The van der Waals surface area contributed by atoms with Crippen molar-refractivity contribution >= 4 is 35.2 Å². The van der Waals surface area contributed by atoms with Crippen LogP contribution in [0.25, 0.3) is 0 Å². The van der Waals surface area contributed by atoms with Crippen LogP contribution in [0.2, 0.25) is 0 Å². The SMILES string of the molecule is COc1cccc2c1C(=O)c1c(O)c3c(c(O)c1C2=O)C[C@@](O)(C(=O)COC(=O)CCCC(=O)O)C[C@@H]3O[C@H]1C[C@H](NC(=O)C(F)(F)F)[C@H](O)[C@H](C)O1. The number of nitrogens with one attached hydrogen (secondary N) is 1. The van der Waals surface area contributed by atoms with E-state index < -0.39 is 137 Å². The first-order valence-corrected chi connectivity index (χ1v) is 16.2. The monoisotopic (exact) mass is 753 g/mol. The van der Waals surface area contributed by atoms with E-state index in [0.29, 0.717) is 0 Å². The lowest BCUT2D eigenvalue weighted by Crippen LogP contribution is -2.57. The van der Waals surface area contributed by atoms with Gasteiger partial charge in [0.05, 0.1) is 42.0 Å². The second kappa shape index (κ2) is 14.7. The Kier molecular flexibility index (Phi) is 10.9. The second-order valence-electron chi connectivity index (χ2n) is 12.8. The van der Waals surface area contributed by atoms with Crippen LogP contribution in [0.5, 0.6) is 17.2 Å². The molecule has 1 amide bonds.